The Kier molecular flexibility index (Phi) is 5.17. The van der Waals surface area contributed by atoms with Gasteiger partial charge in [-0.3, -0.25) is 24.5 Å². The summed E-state index contributed by atoms with van der Waals surface area (Å²) in [5, 5.41) is 13.4. The van der Waals surface area contributed by atoms with Gasteiger partial charge in [0.2, 0.25) is 11.8 Å². The molecule has 182 valence electrons. The van der Waals surface area contributed by atoms with Crippen molar-refractivity contribution in [3.8, 4) is 5.69 Å². The first-order chi connectivity index (χ1) is 16.9. The van der Waals surface area contributed by atoms with E-state index in [2.05, 4.69) is 20.9 Å². The maximum Gasteiger partial charge on any atom is 0.273 e. The molecule has 1 unspecified atom stereocenters. The number of amides is 4. The Morgan fingerprint density at radius 3 is 2.97 bits per heavy atom. The maximum absolute atomic E-state index is 12.9. The van der Waals surface area contributed by atoms with E-state index in [0.717, 1.165) is 37.9 Å². The lowest BCUT2D eigenvalue weighted by atomic mass is 9.91. The summed E-state index contributed by atoms with van der Waals surface area (Å²) >= 11 is 0. The number of benzene rings is 1. The Morgan fingerprint density at radius 2 is 2.11 bits per heavy atom. The van der Waals surface area contributed by atoms with Crippen LogP contribution in [0.3, 0.4) is 0 Å². The van der Waals surface area contributed by atoms with E-state index >= 15 is 0 Å². The van der Waals surface area contributed by atoms with Crippen molar-refractivity contribution < 1.29 is 23.9 Å². The largest absolute Gasteiger partial charge is 0.373 e. The Morgan fingerprint density at radius 1 is 1.23 bits per heavy atom. The molecule has 2 saturated heterocycles. The number of rotatable bonds is 5. The molecule has 1 saturated carbocycles. The quantitative estimate of drug-likeness (QED) is 0.605. The zero-order valence-electron chi connectivity index (χ0n) is 19.2. The van der Waals surface area contributed by atoms with E-state index in [0.29, 0.717) is 30.1 Å². The second kappa shape index (κ2) is 8.26. The Labute approximate surface area is 201 Å². The van der Waals surface area contributed by atoms with E-state index in [1.165, 1.54) is 9.58 Å². The number of nitrogens with one attached hydrogen (secondary N) is 2. The lowest BCUT2D eigenvalue weighted by molar-refractivity contribution is -0.136. The van der Waals surface area contributed by atoms with Gasteiger partial charge in [0.05, 0.1) is 17.5 Å². The van der Waals surface area contributed by atoms with Crippen LogP contribution in [-0.4, -0.2) is 68.3 Å². The third-order valence-electron chi connectivity index (χ3n) is 7.80. The van der Waals surface area contributed by atoms with Crippen molar-refractivity contribution >= 4 is 23.6 Å². The van der Waals surface area contributed by atoms with Crippen LogP contribution in [0.1, 0.15) is 64.9 Å². The highest BCUT2D eigenvalue weighted by molar-refractivity contribution is 6.05. The van der Waals surface area contributed by atoms with Crippen LogP contribution in [0.2, 0.25) is 0 Å². The second-order valence-corrected chi connectivity index (χ2v) is 9.76. The molecule has 0 bridgehead atoms. The predicted molar refractivity (Wildman–Crippen MR) is 120 cm³/mol. The number of ether oxygens (including phenoxy) is 1. The summed E-state index contributed by atoms with van der Waals surface area (Å²) < 4.78 is 7.51. The summed E-state index contributed by atoms with van der Waals surface area (Å²) in [5.74, 6) is -0.791. The van der Waals surface area contributed by atoms with Crippen molar-refractivity contribution in [1.29, 1.82) is 0 Å². The molecule has 6 rings (SSSR count). The zero-order valence-corrected chi connectivity index (χ0v) is 19.2. The van der Waals surface area contributed by atoms with E-state index in [-0.39, 0.29) is 42.0 Å². The van der Waals surface area contributed by atoms with Crippen molar-refractivity contribution in [2.45, 2.75) is 56.7 Å². The Bertz CT molecular complexity index is 1230. The van der Waals surface area contributed by atoms with E-state index in [9.17, 15) is 19.2 Å². The molecule has 1 aromatic carbocycles. The average Bonchev–Trinajstić information content (AvgIpc) is 3.61. The molecule has 4 heterocycles. The van der Waals surface area contributed by atoms with E-state index in [1.807, 2.05) is 6.07 Å². The standard InChI is InChI=1S/C24H26N6O5/c31-20-6-5-19(22(33)26-20)29-11-14-10-16(3-4-17(14)23(29)34)30-12-18(27-28-30)21(32)25-13-24-8-1-2-15(24)7-9-35-24/h3-4,10,12,15,19H,1-2,5-9,11,13H2,(H,25,32)(H,26,31,33)/t15-,19?,24+/m0/s1. The van der Waals surface area contributed by atoms with Gasteiger partial charge < -0.3 is 15.0 Å². The van der Waals surface area contributed by atoms with Crippen LogP contribution in [0, 0.1) is 5.92 Å². The molecule has 2 N–H and O–H groups in total. The highest BCUT2D eigenvalue weighted by Gasteiger charge is 2.47. The van der Waals surface area contributed by atoms with Gasteiger partial charge in [0.25, 0.3) is 11.8 Å². The Hall–Kier alpha value is -3.60. The molecule has 4 aliphatic rings. The van der Waals surface area contributed by atoms with Crippen LogP contribution in [0.15, 0.2) is 24.4 Å². The smallest absolute Gasteiger partial charge is 0.273 e. The number of carbonyl (C=O) groups is 4. The lowest BCUT2D eigenvalue weighted by Gasteiger charge is -2.29. The first-order valence-electron chi connectivity index (χ1n) is 12.1. The van der Waals surface area contributed by atoms with Gasteiger partial charge >= 0.3 is 0 Å². The van der Waals surface area contributed by atoms with Gasteiger partial charge in [-0.1, -0.05) is 11.6 Å². The van der Waals surface area contributed by atoms with Crippen molar-refractivity contribution in [1.82, 2.24) is 30.5 Å². The zero-order chi connectivity index (χ0) is 24.2. The van der Waals surface area contributed by atoms with Crippen molar-refractivity contribution in [2.24, 2.45) is 5.92 Å². The number of carbonyl (C=O) groups excluding carboxylic acids is 4. The summed E-state index contributed by atoms with van der Waals surface area (Å²) in [4.78, 5) is 50.8. The van der Waals surface area contributed by atoms with Gasteiger partial charge in [-0.05, 0) is 55.4 Å². The normalized spacial score (nSPS) is 27.7. The third-order valence-corrected chi connectivity index (χ3v) is 7.80. The van der Waals surface area contributed by atoms with Crippen LogP contribution in [0.4, 0.5) is 0 Å². The first kappa shape index (κ1) is 21.9. The molecule has 2 aromatic rings. The van der Waals surface area contributed by atoms with Crippen LogP contribution in [-0.2, 0) is 20.9 Å². The molecular formula is C24H26N6O5. The third kappa shape index (κ3) is 3.70. The molecule has 35 heavy (non-hydrogen) atoms. The molecule has 3 aliphatic heterocycles. The number of imide groups is 1. The molecule has 3 fully saturated rings. The second-order valence-electron chi connectivity index (χ2n) is 9.76. The highest BCUT2D eigenvalue weighted by atomic mass is 16.5. The van der Waals surface area contributed by atoms with Gasteiger partial charge in [0.15, 0.2) is 5.69 Å². The van der Waals surface area contributed by atoms with E-state index in [1.54, 1.807) is 18.3 Å². The van der Waals surface area contributed by atoms with Gasteiger partial charge in [0.1, 0.15) is 6.04 Å². The number of aromatic nitrogens is 3. The summed E-state index contributed by atoms with van der Waals surface area (Å²) in [6.07, 6.45) is 6.37. The fourth-order valence-corrected chi connectivity index (χ4v) is 5.92. The van der Waals surface area contributed by atoms with Gasteiger partial charge in [-0.2, -0.15) is 0 Å². The minimum Gasteiger partial charge on any atom is -0.373 e. The van der Waals surface area contributed by atoms with Gasteiger partial charge in [-0.15, -0.1) is 5.10 Å². The molecule has 1 aromatic heterocycles. The molecule has 0 spiro atoms. The van der Waals surface area contributed by atoms with Crippen molar-refractivity contribution in [3.63, 3.8) is 0 Å². The maximum atomic E-state index is 12.9. The van der Waals surface area contributed by atoms with Crippen molar-refractivity contribution in [3.05, 3.63) is 41.2 Å². The summed E-state index contributed by atoms with van der Waals surface area (Å²) in [6, 6.07) is 4.57. The minimum atomic E-state index is -0.666. The minimum absolute atomic E-state index is 0.204. The fourth-order valence-electron chi connectivity index (χ4n) is 5.92. The number of hydrogen-bond donors (Lipinski definition) is 2. The fraction of sp³-hybridized carbons (Fsp3) is 0.500. The lowest BCUT2D eigenvalue weighted by Crippen LogP contribution is -2.52. The summed E-state index contributed by atoms with van der Waals surface area (Å²) in [5.41, 5.74) is 1.88. The number of piperidine rings is 1. The predicted octanol–water partition coefficient (Wildman–Crippen LogP) is 0.717. The molecule has 11 heteroatoms. The monoisotopic (exact) mass is 478 g/mol. The Balaban J connectivity index is 1.15. The van der Waals surface area contributed by atoms with Crippen molar-refractivity contribution in [2.75, 3.05) is 13.2 Å². The van der Waals surface area contributed by atoms with E-state index < -0.39 is 11.9 Å². The van der Waals surface area contributed by atoms with Crippen LogP contribution < -0.4 is 10.6 Å². The molecule has 1 aliphatic carbocycles. The SMILES string of the molecule is O=C1CCC(N2Cc3cc(-n4cc(C(=O)NC[C@]56CCC[C@H]5CCO6)nn4)ccc3C2=O)C(=O)N1. The number of fused-ring (bicyclic) bond motifs is 2. The first-order valence-corrected chi connectivity index (χ1v) is 12.1. The average molecular weight is 479 g/mol. The summed E-state index contributed by atoms with van der Waals surface area (Å²) in [6.45, 7) is 1.48. The molecule has 11 nitrogen and oxygen atoms in total. The highest BCUT2D eigenvalue weighted by Crippen LogP contribution is 2.44. The van der Waals surface area contributed by atoms with Crippen LogP contribution in [0.25, 0.3) is 5.69 Å². The summed E-state index contributed by atoms with van der Waals surface area (Å²) in [7, 11) is 0. The van der Waals surface area contributed by atoms with Crippen LogP contribution in [0.5, 0.6) is 0 Å². The molecule has 4 amide bonds. The number of nitrogens with zero attached hydrogens (tertiary/aromatic N) is 4. The molecular weight excluding hydrogens is 452 g/mol. The number of hydrogen-bond acceptors (Lipinski definition) is 7. The topological polar surface area (TPSA) is 136 Å². The molecule has 0 radical (unpaired) electrons. The van der Waals surface area contributed by atoms with Gasteiger partial charge in [0, 0.05) is 31.7 Å². The van der Waals surface area contributed by atoms with E-state index in [4.69, 9.17) is 4.74 Å². The molecule has 3 atom stereocenters. The van der Waals surface area contributed by atoms with Gasteiger partial charge in [-0.25, -0.2) is 4.68 Å². The van der Waals surface area contributed by atoms with Crippen LogP contribution >= 0.6 is 0 Å².